The summed E-state index contributed by atoms with van der Waals surface area (Å²) in [5, 5.41) is 33.8. The van der Waals surface area contributed by atoms with Gasteiger partial charge in [-0.25, -0.2) is 4.98 Å². The van der Waals surface area contributed by atoms with Crippen LogP contribution in [0.1, 0.15) is 110 Å². The number of hydrogen-bond acceptors (Lipinski definition) is 7. The third-order valence-electron chi connectivity index (χ3n) is 9.61. The summed E-state index contributed by atoms with van der Waals surface area (Å²) in [6.45, 7) is 10.2. The van der Waals surface area contributed by atoms with Crippen molar-refractivity contribution < 1.29 is 24.9 Å². The van der Waals surface area contributed by atoms with Crippen LogP contribution in [0.3, 0.4) is 0 Å². The van der Waals surface area contributed by atoms with Crippen LogP contribution < -0.4 is 0 Å². The Labute approximate surface area is 238 Å². The van der Waals surface area contributed by atoms with E-state index in [-0.39, 0.29) is 5.41 Å². The molecule has 0 unspecified atom stereocenters. The number of ether oxygens (including phenoxy) is 1. The molecule has 6 nitrogen and oxygen atoms in total. The SMILES string of the molecule is C[C@H](CCC[C@](O)(OC(=O)C(C)(C)C)c1nccs1)[C@H]1CC[C@H]2/C(=C/C=C3C[C@@H](O)C[C@H](O)C3)CCC[C@]12C. The van der Waals surface area contributed by atoms with Crippen molar-refractivity contribution in [2.24, 2.45) is 28.6 Å². The highest BCUT2D eigenvalue weighted by Gasteiger charge is 2.50. The molecule has 0 bridgehead atoms. The van der Waals surface area contributed by atoms with Gasteiger partial charge in [0.25, 0.3) is 5.79 Å². The molecule has 0 radical (unpaired) electrons. The number of carbonyl (C=O) groups excluding carboxylic acids is 1. The number of hydrogen-bond donors (Lipinski definition) is 3. The van der Waals surface area contributed by atoms with E-state index in [1.807, 2.05) is 0 Å². The number of rotatable bonds is 8. The van der Waals surface area contributed by atoms with Gasteiger partial charge in [0.2, 0.25) is 0 Å². The van der Waals surface area contributed by atoms with E-state index < -0.39 is 29.4 Å². The number of esters is 1. The number of aliphatic hydroxyl groups excluding tert-OH is 2. The Kier molecular flexibility index (Phi) is 9.47. The van der Waals surface area contributed by atoms with Crippen LogP contribution in [0.15, 0.2) is 34.9 Å². The van der Waals surface area contributed by atoms with E-state index >= 15 is 0 Å². The maximum Gasteiger partial charge on any atom is 0.314 e. The number of nitrogens with zero attached hydrogens (tertiary/aromatic N) is 1. The van der Waals surface area contributed by atoms with Crippen LogP contribution in [0.5, 0.6) is 0 Å². The molecule has 3 N–H and O–H groups in total. The highest BCUT2D eigenvalue weighted by molar-refractivity contribution is 7.09. The molecule has 39 heavy (non-hydrogen) atoms. The smallest absolute Gasteiger partial charge is 0.314 e. The van der Waals surface area contributed by atoms with Crippen molar-refractivity contribution >= 4 is 17.3 Å². The summed E-state index contributed by atoms with van der Waals surface area (Å²) >= 11 is 1.32. The first kappa shape index (κ1) is 30.4. The maximum atomic E-state index is 12.7. The average molecular weight is 560 g/mol. The zero-order chi connectivity index (χ0) is 28.4. The van der Waals surface area contributed by atoms with Crippen LogP contribution >= 0.6 is 11.3 Å². The van der Waals surface area contributed by atoms with Crippen LogP contribution in [-0.2, 0) is 15.3 Å². The highest BCUT2D eigenvalue weighted by atomic mass is 32.1. The molecule has 7 atom stereocenters. The molecule has 3 aliphatic carbocycles. The Morgan fingerprint density at radius 3 is 2.59 bits per heavy atom. The predicted octanol–water partition coefficient (Wildman–Crippen LogP) is 6.66. The molecular formula is C32H49NO5S. The van der Waals surface area contributed by atoms with E-state index in [1.54, 1.807) is 32.3 Å². The first-order valence-corrected chi connectivity index (χ1v) is 15.8. The fourth-order valence-electron chi connectivity index (χ4n) is 7.53. The molecule has 0 amide bonds. The Bertz CT molecular complexity index is 1030. The van der Waals surface area contributed by atoms with Gasteiger partial charge >= 0.3 is 5.97 Å². The number of aromatic nitrogens is 1. The maximum absolute atomic E-state index is 12.7. The summed E-state index contributed by atoms with van der Waals surface area (Å²) in [6, 6.07) is 0. The molecule has 0 aliphatic heterocycles. The van der Waals surface area contributed by atoms with Crippen LogP contribution in [-0.4, -0.2) is 38.5 Å². The van der Waals surface area contributed by atoms with Gasteiger partial charge in [-0.05, 0) is 102 Å². The predicted molar refractivity (Wildman–Crippen MR) is 155 cm³/mol. The fourth-order valence-corrected chi connectivity index (χ4v) is 8.23. The molecule has 1 heterocycles. The van der Waals surface area contributed by atoms with Crippen LogP contribution in [0.4, 0.5) is 0 Å². The van der Waals surface area contributed by atoms with Gasteiger partial charge in [-0.1, -0.05) is 43.6 Å². The molecule has 1 aromatic heterocycles. The molecule has 3 saturated carbocycles. The first-order valence-electron chi connectivity index (χ1n) is 14.9. The molecule has 0 saturated heterocycles. The van der Waals surface area contributed by atoms with Gasteiger partial charge in [-0.2, -0.15) is 0 Å². The largest absolute Gasteiger partial charge is 0.426 e. The number of aliphatic hydroxyl groups is 3. The van der Waals surface area contributed by atoms with Crippen molar-refractivity contribution in [2.75, 3.05) is 0 Å². The second-order valence-electron chi connectivity index (χ2n) is 13.7. The Morgan fingerprint density at radius 1 is 1.23 bits per heavy atom. The fraction of sp³-hybridized carbons (Fsp3) is 0.750. The number of carbonyl (C=O) groups is 1. The monoisotopic (exact) mass is 559 g/mol. The van der Waals surface area contributed by atoms with Crippen LogP contribution in [0, 0.1) is 28.6 Å². The van der Waals surface area contributed by atoms with E-state index in [4.69, 9.17) is 4.74 Å². The molecule has 3 aliphatic rings. The number of fused-ring (bicyclic) bond motifs is 1. The topological polar surface area (TPSA) is 99.9 Å². The molecule has 0 aromatic carbocycles. The molecule has 3 fully saturated rings. The molecular weight excluding hydrogens is 510 g/mol. The quantitative estimate of drug-likeness (QED) is 0.243. The molecule has 1 aromatic rings. The third kappa shape index (κ3) is 7.03. The number of allylic oxidation sites excluding steroid dienone is 3. The second-order valence-corrected chi connectivity index (χ2v) is 14.6. The standard InChI is InChI=1S/C32H49NO5S/c1-21(8-6-15-32(37,28-33-16-17-39-28)38-29(36)30(2,3)4)26-12-13-27-23(9-7-14-31(26,27)5)11-10-22-18-24(34)20-25(35)19-22/h10-11,16-17,21,24-27,34-35,37H,6-9,12-15,18-20H2,1-5H3/b23-11+/t21-,24-,25-,26-,27+,31-,32+/m1/s1. The van der Waals surface area contributed by atoms with Crippen molar-refractivity contribution in [1.82, 2.24) is 4.98 Å². The van der Waals surface area contributed by atoms with Gasteiger partial charge in [0, 0.05) is 18.0 Å². The van der Waals surface area contributed by atoms with Gasteiger partial charge < -0.3 is 20.1 Å². The minimum absolute atomic E-state index is 0.262. The Hall–Kier alpha value is -1.54. The van der Waals surface area contributed by atoms with Crippen molar-refractivity contribution in [3.05, 3.63) is 39.9 Å². The van der Waals surface area contributed by atoms with E-state index in [0.717, 1.165) is 24.8 Å². The van der Waals surface area contributed by atoms with Crippen molar-refractivity contribution in [3.8, 4) is 0 Å². The van der Waals surface area contributed by atoms with Gasteiger partial charge in [-0.3, -0.25) is 4.79 Å². The van der Waals surface area contributed by atoms with Crippen LogP contribution in [0.2, 0.25) is 0 Å². The zero-order valence-corrected chi connectivity index (χ0v) is 25.3. The average Bonchev–Trinajstić information content (AvgIpc) is 3.50. The Balaban J connectivity index is 1.40. The lowest BCUT2D eigenvalue weighted by atomic mass is 9.60. The highest BCUT2D eigenvalue weighted by Crippen LogP contribution is 2.60. The molecule has 4 rings (SSSR count). The normalized spacial score (nSPS) is 32.9. The second kappa shape index (κ2) is 12.1. The number of thiazole rings is 1. The summed E-state index contributed by atoms with van der Waals surface area (Å²) in [5.41, 5.74) is 2.25. The van der Waals surface area contributed by atoms with Gasteiger partial charge in [0.15, 0.2) is 5.01 Å². The lowest BCUT2D eigenvalue weighted by molar-refractivity contribution is -0.226. The third-order valence-corrected chi connectivity index (χ3v) is 10.5. The molecule has 218 valence electrons. The van der Waals surface area contributed by atoms with E-state index in [2.05, 4.69) is 31.0 Å². The van der Waals surface area contributed by atoms with Crippen molar-refractivity contribution in [2.45, 2.75) is 123 Å². The lowest BCUT2D eigenvalue weighted by Gasteiger charge is -2.44. The minimum atomic E-state index is -1.69. The van der Waals surface area contributed by atoms with E-state index in [9.17, 15) is 20.1 Å². The van der Waals surface area contributed by atoms with Gasteiger partial charge in [0.05, 0.1) is 17.6 Å². The molecule has 7 heteroatoms. The van der Waals surface area contributed by atoms with Gasteiger partial charge in [0.1, 0.15) is 0 Å². The summed E-state index contributed by atoms with van der Waals surface area (Å²) < 4.78 is 5.68. The van der Waals surface area contributed by atoms with Gasteiger partial charge in [-0.15, -0.1) is 11.3 Å². The van der Waals surface area contributed by atoms with Crippen LogP contribution in [0.25, 0.3) is 0 Å². The van der Waals surface area contributed by atoms with Crippen molar-refractivity contribution in [3.63, 3.8) is 0 Å². The van der Waals surface area contributed by atoms with E-state index in [0.29, 0.717) is 48.4 Å². The summed E-state index contributed by atoms with van der Waals surface area (Å²) in [6.07, 6.45) is 15.1. The van der Waals surface area contributed by atoms with E-state index in [1.165, 1.54) is 42.6 Å². The molecule has 0 spiro atoms. The Morgan fingerprint density at radius 2 is 1.95 bits per heavy atom. The lowest BCUT2D eigenvalue weighted by Crippen LogP contribution is -2.37. The zero-order valence-electron chi connectivity index (χ0n) is 24.5. The first-order chi connectivity index (χ1) is 18.3. The summed E-state index contributed by atoms with van der Waals surface area (Å²) in [4.78, 5) is 16.9. The summed E-state index contributed by atoms with van der Waals surface area (Å²) in [5.74, 6) is -0.418. The van der Waals surface area contributed by atoms with Crippen molar-refractivity contribution in [1.29, 1.82) is 0 Å². The minimum Gasteiger partial charge on any atom is -0.426 e. The summed E-state index contributed by atoms with van der Waals surface area (Å²) in [7, 11) is 0.